The van der Waals surface area contributed by atoms with Crippen LogP contribution in [0.15, 0.2) is 17.5 Å². The topological polar surface area (TPSA) is 15.3 Å². The molecule has 0 atom stereocenters. The fourth-order valence-electron chi connectivity index (χ4n) is 3.56. The van der Waals surface area contributed by atoms with Crippen molar-refractivity contribution in [2.24, 2.45) is 0 Å². The summed E-state index contributed by atoms with van der Waals surface area (Å²) in [6.07, 6.45) is 5.56. The third-order valence-corrected chi connectivity index (χ3v) is 5.48. The van der Waals surface area contributed by atoms with Crippen molar-refractivity contribution in [3.8, 4) is 0 Å². The van der Waals surface area contributed by atoms with E-state index in [1.807, 2.05) is 11.3 Å². The van der Waals surface area contributed by atoms with E-state index in [1.165, 1.54) is 43.6 Å². The molecule has 1 aliphatic carbocycles. The SMILES string of the molecule is CC1(C)CN(Cc2cccs2)C2(CCCC2)CN1. The zero-order valence-electron chi connectivity index (χ0n) is 11.5. The number of nitrogens with zero attached hydrogens (tertiary/aromatic N) is 1. The number of hydrogen-bond acceptors (Lipinski definition) is 3. The van der Waals surface area contributed by atoms with Crippen LogP contribution in [-0.2, 0) is 6.54 Å². The van der Waals surface area contributed by atoms with E-state index in [2.05, 4.69) is 41.6 Å². The zero-order valence-corrected chi connectivity index (χ0v) is 12.4. The Morgan fingerprint density at radius 3 is 2.78 bits per heavy atom. The number of nitrogens with one attached hydrogen (secondary N) is 1. The first-order chi connectivity index (χ1) is 8.60. The van der Waals surface area contributed by atoms with Crippen LogP contribution in [0.4, 0.5) is 0 Å². The maximum atomic E-state index is 3.76. The highest BCUT2D eigenvalue weighted by Gasteiger charge is 2.45. The molecule has 2 heterocycles. The molecule has 1 aromatic heterocycles. The lowest BCUT2D eigenvalue weighted by molar-refractivity contribution is 0.0130. The van der Waals surface area contributed by atoms with Crippen molar-refractivity contribution >= 4 is 11.3 Å². The van der Waals surface area contributed by atoms with Gasteiger partial charge in [0.05, 0.1) is 0 Å². The number of rotatable bonds is 2. The summed E-state index contributed by atoms with van der Waals surface area (Å²) in [6, 6.07) is 4.46. The monoisotopic (exact) mass is 264 g/mol. The van der Waals surface area contributed by atoms with Crippen molar-refractivity contribution in [2.45, 2.75) is 57.2 Å². The second-order valence-electron chi connectivity index (χ2n) is 6.60. The molecule has 0 radical (unpaired) electrons. The first-order valence-electron chi connectivity index (χ1n) is 7.12. The Labute approximate surface area is 114 Å². The minimum atomic E-state index is 0.255. The smallest absolute Gasteiger partial charge is 0.0338 e. The van der Waals surface area contributed by atoms with E-state index < -0.39 is 0 Å². The van der Waals surface area contributed by atoms with Crippen LogP contribution in [0.25, 0.3) is 0 Å². The van der Waals surface area contributed by atoms with Gasteiger partial charge in [-0.2, -0.15) is 0 Å². The number of piperazine rings is 1. The molecule has 0 aromatic carbocycles. The van der Waals surface area contributed by atoms with Crippen LogP contribution in [0.2, 0.25) is 0 Å². The highest BCUT2D eigenvalue weighted by atomic mass is 32.1. The van der Waals surface area contributed by atoms with Crippen molar-refractivity contribution < 1.29 is 0 Å². The molecule has 1 aliphatic heterocycles. The molecule has 1 spiro atoms. The summed E-state index contributed by atoms with van der Waals surface area (Å²) >= 11 is 1.90. The summed E-state index contributed by atoms with van der Waals surface area (Å²) in [4.78, 5) is 4.28. The average Bonchev–Trinajstić information content (AvgIpc) is 2.95. The minimum absolute atomic E-state index is 0.255. The summed E-state index contributed by atoms with van der Waals surface area (Å²) < 4.78 is 0. The van der Waals surface area contributed by atoms with Gasteiger partial charge in [-0.3, -0.25) is 4.90 Å². The molecule has 1 saturated heterocycles. The molecule has 2 nitrogen and oxygen atoms in total. The fraction of sp³-hybridized carbons (Fsp3) is 0.733. The third-order valence-electron chi connectivity index (χ3n) is 4.61. The largest absolute Gasteiger partial charge is 0.309 e. The fourth-order valence-corrected chi connectivity index (χ4v) is 4.28. The average molecular weight is 264 g/mol. The molecule has 1 aromatic rings. The Bertz CT molecular complexity index is 391. The molecule has 0 unspecified atom stereocenters. The van der Waals surface area contributed by atoms with Crippen LogP contribution < -0.4 is 5.32 Å². The van der Waals surface area contributed by atoms with Crippen molar-refractivity contribution in [3.63, 3.8) is 0 Å². The Balaban J connectivity index is 1.81. The normalized spacial score (nSPS) is 26.8. The second kappa shape index (κ2) is 4.62. The van der Waals surface area contributed by atoms with Crippen molar-refractivity contribution in [3.05, 3.63) is 22.4 Å². The highest BCUT2D eigenvalue weighted by Crippen LogP contribution is 2.39. The van der Waals surface area contributed by atoms with Crippen LogP contribution >= 0.6 is 11.3 Å². The molecular formula is C15H24N2S. The van der Waals surface area contributed by atoms with Gasteiger partial charge in [0.1, 0.15) is 0 Å². The Morgan fingerprint density at radius 2 is 2.11 bits per heavy atom. The molecule has 0 bridgehead atoms. The van der Waals surface area contributed by atoms with Crippen LogP contribution in [0.1, 0.15) is 44.4 Å². The summed E-state index contributed by atoms with van der Waals surface area (Å²) in [6.45, 7) is 8.14. The van der Waals surface area contributed by atoms with E-state index in [-0.39, 0.29) is 5.54 Å². The van der Waals surface area contributed by atoms with Crippen molar-refractivity contribution in [1.29, 1.82) is 0 Å². The number of thiophene rings is 1. The van der Waals surface area contributed by atoms with Crippen LogP contribution in [-0.4, -0.2) is 29.1 Å². The zero-order chi connectivity index (χ0) is 12.6. The Morgan fingerprint density at radius 1 is 1.33 bits per heavy atom. The molecular weight excluding hydrogens is 240 g/mol. The predicted molar refractivity (Wildman–Crippen MR) is 78.0 cm³/mol. The predicted octanol–water partition coefficient (Wildman–Crippen LogP) is 3.24. The summed E-state index contributed by atoms with van der Waals surface area (Å²) in [5.41, 5.74) is 0.699. The van der Waals surface area contributed by atoms with Gasteiger partial charge in [0.2, 0.25) is 0 Å². The van der Waals surface area contributed by atoms with E-state index in [0.29, 0.717) is 5.54 Å². The minimum Gasteiger partial charge on any atom is -0.309 e. The van der Waals surface area contributed by atoms with Crippen molar-refractivity contribution in [1.82, 2.24) is 10.2 Å². The third kappa shape index (κ3) is 2.36. The lowest BCUT2D eigenvalue weighted by Crippen LogP contribution is -2.66. The molecule has 1 N–H and O–H groups in total. The summed E-state index contributed by atoms with van der Waals surface area (Å²) in [7, 11) is 0. The molecule has 0 amide bonds. The molecule has 3 heteroatoms. The van der Waals surface area contributed by atoms with Crippen LogP contribution in [0, 0.1) is 0 Å². The van der Waals surface area contributed by atoms with E-state index in [1.54, 1.807) is 0 Å². The van der Waals surface area contributed by atoms with Crippen LogP contribution in [0.5, 0.6) is 0 Å². The van der Waals surface area contributed by atoms with E-state index >= 15 is 0 Å². The molecule has 1 saturated carbocycles. The Kier molecular flexibility index (Phi) is 3.25. The molecule has 2 fully saturated rings. The van der Waals surface area contributed by atoms with Gasteiger partial charge in [0, 0.05) is 35.6 Å². The summed E-state index contributed by atoms with van der Waals surface area (Å²) in [5.74, 6) is 0. The lowest BCUT2D eigenvalue weighted by atomic mass is 9.87. The molecule has 2 aliphatic rings. The summed E-state index contributed by atoms with van der Waals surface area (Å²) in [5, 5.41) is 5.96. The van der Waals surface area contributed by atoms with Gasteiger partial charge in [0.25, 0.3) is 0 Å². The van der Waals surface area contributed by atoms with Gasteiger partial charge in [-0.05, 0) is 38.1 Å². The Hall–Kier alpha value is -0.380. The van der Waals surface area contributed by atoms with Gasteiger partial charge < -0.3 is 5.32 Å². The number of hydrogen-bond donors (Lipinski definition) is 1. The quantitative estimate of drug-likeness (QED) is 0.882. The molecule has 3 rings (SSSR count). The molecule has 100 valence electrons. The second-order valence-corrected chi connectivity index (χ2v) is 7.64. The van der Waals surface area contributed by atoms with Gasteiger partial charge >= 0.3 is 0 Å². The standard InChI is InChI=1S/C15H24N2S/c1-14(2)12-17(10-13-6-5-9-18-13)15(11-16-14)7-3-4-8-15/h5-6,9,16H,3-4,7-8,10-12H2,1-2H3. The maximum absolute atomic E-state index is 3.76. The van der Waals surface area contributed by atoms with E-state index in [9.17, 15) is 0 Å². The van der Waals surface area contributed by atoms with Gasteiger partial charge in [-0.25, -0.2) is 0 Å². The first kappa shape index (κ1) is 12.6. The van der Waals surface area contributed by atoms with Gasteiger partial charge in [-0.1, -0.05) is 18.9 Å². The maximum Gasteiger partial charge on any atom is 0.0338 e. The highest BCUT2D eigenvalue weighted by molar-refractivity contribution is 7.09. The lowest BCUT2D eigenvalue weighted by Gasteiger charge is -2.51. The van der Waals surface area contributed by atoms with E-state index in [4.69, 9.17) is 0 Å². The van der Waals surface area contributed by atoms with E-state index in [0.717, 1.165) is 6.54 Å². The molecule has 18 heavy (non-hydrogen) atoms. The van der Waals surface area contributed by atoms with Gasteiger partial charge in [0.15, 0.2) is 0 Å². The first-order valence-corrected chi connectivity index (χ1v) is 8.00. The van der Waals surface area contributed by atoms with Crippen LogP contribution in [0.3, 0.4) is 0 Å². The van der Waals surface area contributed by atoms with Crippen molar-refractivity contribution in [2.75, 3.05) is 13.1 Å². The van der Waals surface area contributed by atoms with Gasteiger partial charge in [-0.15, -0.1) is 11.3 Å².